The first-order valence-corrected chi connectivity index (χ1v) is 9.21. The SMILES string of the molecule is CCN(C(=O)c1ccnc(NCc2ccc(C)cc2)c1)c1cccc(C)c1. The highest BCUT2D eigenvalue weighted by molar-refractivity contribution is 6.06. The lowest BCUT2D eigenvalue weighted by atomic mass is 10.1. The molecule has 0 atom stereocenters. The Balaban J connectivity index is 1.75. The Morgan fingerprint density at radius 3 is 2.48 bits per heavy atom. The van der Waals surface area contributed by atoms with Crippen LogP contribution in [0.15, 0.2) is 66.9 Å². The van der Waals surface area contributed by atoms with Crippen molar-refractivity contribution >= 4 is 17.4 Å². The second kappa shape index (κ2) is 8.49. The summed E-state index contributed by atoms with van der Waals surface area (Å²) in [4.78, 5) is 19.2. The molecule has 4 heteroatoms. The van der Waals surface area contributed by atoms with Crippen molar-refractivity contribution in [2.75, 3.05) is 16.8 Å². The molecule has 0 aliphatic heterocycles. The zero-order chi connectivity index (χ0) is 19.2. The Bertz CT molecular complexity index is 919. The van der Waals surface area contributed by atoms with Crippen LogP contribution in [0.4, 0.5) is 11.5 Å². The third-order valence-corrected chi connectivity index (χ3v) is 4.48. The van der Waals surface area contributed by atoms with Gasteiger partial charge in [-0.2, -0.15) is 0 Å². The van der Waals surface area contributed by atoms with Gasteiger partial charge in [0.1, 0.15) is 5.82 Å². The van der Waals surface area contributed by atoms with Crippen LogP contribution < -0.4 is 10.2 Å². The topological polar surface area (TPSA) is 45.2 Å². The maximum Gasteiger partial charge on any atom is 0.258 e. The van der Waals surface area contributed by atoms with Crippen molar-refractivity contribution in [3.05, 3.63) is 89.1 Å². The van der Waals surface area contributed by atoms with Crippen molar-refractivity contribution in [3.8, 4) is 0 Å². The summed E-state index contributed by atoms with van der Waals surface area (Å²) in [6.45, 7) is 7.36. The molecule has 0 unspecified atom stereocenters. The third kappa shape index (κ3) is 4.73. The van der Waals surface area contributed by atoms with E-state index in [1.807, 2.05) is 44.2 Å². The number of anilines is 2. The van der Waals surface area contributed by atoms with E-state index in [2.05, 4.69) is 41.5 Å². The number of rotatable bonds is 6. The molecular formula is C23H25N3O. The maximum absolute atomic E-state index is 13.0. The van der Waals surface area contributed by atoms with Gasteiger partial charge in [0.2, 0.25) is 0 Å². The number of aromatic nitrogens is 1. The van der Waals surface area contributed by atoms with Crippen LogP contribution in [0.1, 0.15) is 34.0 Å². The number of amides is 1. The number of carbonyl (C=O) groups excluding carboxylic acids is 1. The smallest absolute Gasteiger partial charge is 0.258 e. The Hall–Kier alpha value is -3.14. The minimum atomic E-state index is -0.0242. The van der Waals surface area contributed by atoms with E-state index in [-0.39, 0.29) is 5.91 Å². The highest BCUT2D eigenvalue weighted by Gasteiger charge is 2.16. The van der Waals surface area contributed by atoms with Gasteiger partial charge in [0.25, 0.3) is 5.91 Å². The molecule has 0 saturated carbocycles. The quantitative estimate of drug-likeness (QED) is 0.675. The van der Waals surface area contributed by atoms with E-state index >= 15 is 0 Å². The van der Waals surface area contributed by atoms with E-state index in [9.17, 15) is 4.79 Å². The molecule has 3 rings (SSSR count). The summed E-state index contributed by atoms with van der Waals surface area (Å²) in [5.41, 5.74) is 5.08. The van der Waals surface area contributed by atoms with Gasteiger partial charge in [-0.1, -0.05) is 42.0 Å². The van der Waals surface area contributed by atoms with E-state index in [0.29, 0.717) is 24.5 Å². The lowest BCUT2D eigenvalue weighted by molar-refractivity contribution is 0.0988. The summed E-state index contributed by atoms with van der Waals surface area (Å²) in [6, 6.07) is 19.9. The van der Waals surface area contributed by atoms with Gasteiger partial charge in [-0.05, 0) is 56.2 Å². The van der Waals surface area contributed by atoms with Gasteiger partial charge in [-0.15, -0.1) is 0 Å². The van der Waals surface area contributed by atoms with Crippen LogP contribution in [0.25, 0.3) is 0 Å². The molecule has 0 fully saturated rings. The molecule has 0 aliphatic carbocycles. The van der Waals surface area contributed by atoms with Gasteiger partial charge in [0.05, 0.1) is 0 Å². The predicted octanol–water partition coefficient (Wildman–Crippen LogP) is 4.98. The molecule has 0 spiro atoms. The molecule has 1 heterocycles. The van der Waals surface area contributed by atoms with Crippen molar-refractivity contribution in [2.45, 2.75) is 27.3 Å². The monoisotopic (exact) mass is 359 g/mol. The van der Waals surface area contributed by atoms with Gasteiger partial charge < -0.3 is 10.2 Å². The van der Waals surface area contributed by atoms with Crippen LogP contribution in [0.3, 0.4) is 0 Å². The molecule has 0 bridgehead atoms. The van der Waals surface area contributed by atoms with Crippen molar-refractivity contribution in [3.63, 3.8) is 0 Å². The second-order valence-electron chi connectivity index (χ2n) is 6.66. The molecule has 1 aromatic heterocycles. The van der Waals surface area contributed by atoms with Crippen LogP contribution in [0.5, 0.6) is 0 Å². The highest BCUT2D eigenvalue weighted by Crippen LogP contribution is 2.19. The Kier molecular flexibility index (Phi) is 5.87. The summed E-state index contributed by atoms with van der Waals surface area (Å²) < 4.78 is 0. The van der Waals surface area contributed by atoms with Crippen LogP contribution in [0, 0.1) is 13.8 Å². The molecular weight excluding hydrogens is 334 g/mol. The summed E-state index contributed by atoms with van der Waals surface area (Å²) in [5, 5.41) is 3.30. The lowest BCUT2D eigenvalue weighted by Crippen LogP contribution is -2.30. The first-order chi connectivity index (χ1) is 13.1. The lowest BCUT2D eigenvalue weighted by Gasteiger charge is -2.21. The Labute approximate surface area is 160 Å². The van der Waals surface area contributed by atoms with Gasteiger partial charge >= 0.3 is 0 Å². The zero-order valence-corrected chi connectivity index (χ0v) is 16.1. The van der Waals surface area contributed by atoms with E-state index in [1.54, 1.807) is 17.2 Å². The summed E-state index contributed by atoms with van der Waals surface area (Å²) in [5.74, 6) is 0.672. The summed E-state index contributed by atoms with van der Waals surface area (Å²) >= 11 is 0. The number of hydrogen-bond acceptors (Lipinski definition) is 3. The van der Waals surface area contributed by atoms with E-state index in [1.165, 1.54) is 11.1 Å². The summed E-state index contributed by atoms with van der Waals surface area (Å²) in [6.07, 6.45) is 1.68. The molecule has 138 valence electrons. The van der Waals surface area contributed by atoms with Gasteiger partial charge in [-0.3, -0.25) is 4.79 Å². The molecule has 27 heavy (non-hydrogen) atoms. The predicted molar refractivity (Wildman–Crippen MR) is 111 cm³/mol. The fraction of sp³-hybridized carbons (Fsp3) is 0.217. The number of nitrogens with zero attached hydrogens (tertiary/aromatic N) is 2. The van der Waals surface area contributed by atoms with Crippen molar-refractivity contribution in [1.82, 2.24) is 4.98 Å². The minimum absolute atomic E-state index is 0.0242. The third-order valence-electron chi connectivity index (χ3n) is 4.48. The van der Waals surface area contributed by atoms with E-state index < -0.39 is 0 Å². The molecule has 2 aromatic carbocycles. The number of hydrogen-bond donors (Lipinski definition) is 1. The fourth-order valence-corrected chi connectivity index (χ4v) is 2.95. The number of carbonyl (C=O) groups is 1. The van der Waals surface area contributed by atoms with Crippen LogP contribution in [-0.2, 0) is 6.54 Å². The molecule has 1 N–H and O–H groups in total. The van der Waals surface area contributed by atoms with E-state index in [4.69, 9.17) is 0 Å². The number of pyridine rings is 1. The van der Waals surface area contributed by atoms with Crippen molar-refractivity contribution in [1.29, 1.82) is 0 Å². The molecule has 0 radical (unpaired) electrons. The van der Waals surface area contributed by atoms with Gasteiger partial charge in [-0.25, -0.2) is 4.98 Å². The molecule has 1 amide bonds. The Morgan fingerprint density at radius 1 is 1.00 bits per heavy atom. The van der Waals surface area contributed by atoms with Crippen LogP contribution >= 0.6 is 0 Å². The minimum Gasteiger partial charge on any atom is -0.366 e. The van der Waals surface area contributed by atoms with Crippen LogP contribution in [-0.4, -0.2) is 17.4 Å². The number of benzene rings is 2. The fourth-order valence-electron chi connectivity index (χ4n) is 2.95. The number of aryl methyl sites for hydroxylation is 2. The molecule has 0 aliphatic rings. The van der Waals surface area contributed by atoms with Crippen molar-refractivity contribution < 1.29 is 4.79 Å². The van der Waals surface area contributed by atoms with Gasteiger partial charge in [0.15, 0.2) is 0 Å². The standard InChI is InChI=1S/C23H25N3O/c1-4-26(21-7-5-6-18(3)14-21)23(27)20-12-13-24-22(15-20)25-16-19-10-8-17(2)9-11-19/h5-15H,4,16H2,1-3H3,(H,24,25). The molecule has 4 nitrogen and oxygen atoms in total. The largest absolute Gasteiger partial charge is 0.366 e. The van der Waals surface area contributed by atoms with Crippen molar-refractivity contribution in [2.24, 2.45) is 0 Å². The summed E-state index contributed by atoms with van der Waals surface area (Å²) in [7, 11) is 0. The molecule has 0 saturated heterocycles. The average molecular weight is 359 g/mol. The number of nitrogens with one attached hydrogen (secondary N) is 1. The first kappa shape index (κ1) is 18.6. The Morgan fingerprint density at radius 2 is 1.78 bits per heavy atom. The first-order valence-electron chi connectivity index (χ1n) is 9.21. The second-order valence-corrected chi connectivity index (χ2v) is 6.66. The molecule has 3 aromatic rings. The van der Waals surface area contributed by atoms with Gasteiger partial charge in [0, 0.05) is 30.5 Å². The highest BCUT2D eigenvalue weighted by atomic mass is 16.2. The average Bonchev–Trinajstić information content (AvgIpc) is 2.68. The van der Waals surface area contributed by atoms with E-state index in [0.717, 1.165) is 11.3 Å². The maximum atomic E-state index is 13.0. The normalized spacial score (nSPS) is 10.5. The zero-order valence-electron chi connectivity index (χ0n) is 16.1. The van der Waals surface area contributed by atoms with Crippen LogP contribution in [0.2, 0.25) is 0 Å².